The highest BCUT2D eigenvalue weighted by atomic mass is 79.9. The van der Waals surface area contributed by atoms with E-state index >= 15 is 0 Å². The predicted molar refractivity (Wildman–Crippen MR) is 107 cm³/mol. The number of benzene rings is 2. The van der Waals surface area contributed by atoms with E-state index in [-0.39, 0.29) is 18.1 Å². The van der Waals surface area contributed by atoms with Crippen LogP contribution >= 0.6 is 39.1 Å². The third kappa shape index (κ3) is 5.25. The summed E-state index contributed by atoms with van der Waals surface area (Å²) in [4.78, 5) is 13.4. The Morgan fingerprint density at radius 3 is 2.62 bits per heavy atom. The summed E-state index contributed by atoms with van der Waals surface area (Å²) in [6.45, 7) is 0.224. The standard InChI is InChI=1S/C19H15BrCl2N2O2/c1-24(2)19(25)14(10-23)7-13-8-15(20)4-6-18(13)26-11-12-3-5-16(21)9-17(12)22/h3-9H,11H2,1-2H3/b14-7-. The SMILES string of the molecule is CN(C)C(=O)/C(C#N)=C\c1cc(Br)ccc1OCc1ccc(Cl)cc1Cl. The number of rotatable bonds is 5. The van der Waals surface area contributed by atoms with Crippen LogP contribution in [-0.4, -0.2) is 24.9 Å². The number of carbonyl (C=O) groups is 1. The number of carbonyl (C=O) groups excluding carboxylic acids is 1. The molecule has 0 saturated heterocycles. The van der Waals surface area contributed by atoms with Crippen LogP contribution in [0, 0.1) is 11.3 Å². The first kappa shape index (κ1) is 20.3. The minimum absolute atomic E-state index is 0.0162. The minimum Gasteiger partial charge on any atom is -0.488 e. The molecular weight excluding hydrogens is 439 g/mol. The van der Waals surface area contributed by atoms with Crippen LogP contribution < -0.4 is 4.74 Å². The molecule has 0 unspecified atom stereocenters. The molecule has 2 aromatic carbocycles. The second-order valence-corrected chi connectivity index (χ2v) is 7.34. The molecule has 0 aliphatic heterocycles. The van der Waals surface area contributed by atoms with Gasteiger partial charge in [0.05, 0.1) is 0 Å². The van der Waals surface area contributed by atoms with Gasteiger partial charge < -0.3 is 9.64 Å². The number of amides is 1. The van der Waals surface area contributed by atoms with E-state index < -0.39 is 0 Å². The van der Waals surface area contributed by atoms with Crippen LogP contribution in [0.2, 0.25) is 10.0 Å². The average Bonchev–Trinajstić information content (AvgIpc) is 2.59. The molecule has 0 atom stereocenters. The summed E-state index contributed by atoms with van der Waals surface area (Å²) >= 11 is 15.5. The van der Waals surface area contributed by atoms with E-state index in [1.165, 1.54) is 11.0 Å². The first-order valence-corrected chi connectivity index (χ1v) is 9.06. The fourth-order valence-corrected chi connectivity index (χ4v) is 2.94. The summed E-state index contributed by atoms with van der Waals surface area (Å²) < 4.78 is 6.66. The second-order valence-electron chi connectivity index (χ2n) is 5.58. The second kappa shape index (κ2) is 9.09. The van der Waals surface area contributed by atoms with Gasteiger partial charge in [0.25, 0.3) is 5.91 Å². The fourth-order valence-electron chi connectivity index (χ4n) is 2.10. The number of likely N-dealkylation sites (N-methyl/N-ethyl adjacent to an activating group) is 1. The van der Waals surface area contributed by atoms with Crippen LogP contribution in [0.5, 0.6) is 5.75 Å². The van der Waals surface area contributed by atoms with E-state index in [4.69, 9.17) is 27.9 Å². The highest BCUT2D eigenvalue weighted by Crippen LogP contribution is 2.28. The lowest BCUT2D eigenvalue weighted by molar-refractivity contribution is -0.124. The molecule has 0 aliphatic rings. The smallest absolute Gasteiger partial charge is 0.264 e. The van der Waals surface area contributed by atoms with Crippen LogP contribution in [0.3, 0.4) is 0 Å². The Kier molecular flexibility index (Phi) is 7.10. The van der Waals surface area contributed by atoms with Gasteiger partial charge in [0, 0.05) is 39.7 Å². The molecule has 0 aliphatic carbocycles. The zero-order valence-corrected chi connectivity index (χ0v) is 17.2. The van der Waals surface area contributed by atoms with Gasteiger partial charge in [-0.05, 0) is 36.4 Å². The van der Waals surface area contributed by atoms with Crippen molar-refractivity contribution in [3.05, 3.63) is 67.6 Å². The summed E-state index contributed by atoms with van der Waals surface area (Å²) in [5, 5.41) is 10.3. The van der Waals surface area contributed by atoms with Crippen molar-refractivity contribution < 1.29 is 9.53 Å². The Labute approximate surface area is 170 Å². The lowest BCUT2D eigenvalue weighted by atomic mass is 10.1. The van der Waals surface area contributed by atoms with Gasteiger partial charge in [-0.15, -0.1) is 0 Å². The third-order valence-corrected chi connectivity index (χ3v) is 4.51. The van der Waals surface area contributed by atoms with E-state index in [1.807, 2.05) is 12.1 Å². The molecule has 2 rings (SSSR count). The number of hydrogen-bond acceptors (Lipinski definition) is 3. The highest BCUT2D eigenvalue weighted by molar-refractivity contribution is 9.10. The molecule has 4 nitrogen and oxygen atoms in total. The molecule has 0 fully saturated rings. The molecule has 0 spiro atoms. The molecule has 26 heavy (non-hydrogen) atoms. The van der Waals surface area contributed by atoms with Crippen LogP contribution in [-0.2, 0) is 11.4 Å². The normalized spacial score (nSPS) is 11.0. The van der Waals surface area contributed by atoms with Crippen molar-refractivity contribution in [2.45, 2.75) is 6.61 Å². The Balaban J connectivity index is 2.33. The zero-order chi connectivity index (χ0) is 19.3. The molecule has 0 aromatic heterocycles. The molecule has 0 heterocycles. The summed E-state index contributed by atoms with van der Waals surface area (Å²) in [5.74, 6) is 0.151. The number of hydrogen-bond donors (Lipinski definition) is 0. The van der Waals surface area contributed by atoms with Crippen molar-refractivity contribution in [2.75, 3.05) is 14.1 Å². The molecule has 0 saturated carbocycles. The molecule has 134 valence electrons. The van der Waals surface area contributed by atoms with Crippen molar-refractivity contribution in [3.63, 3.8) is 0 Å². The van der Waals surface area contributed by atoms with Crippen LogP contribution in [0.15, 0.2) is 46.4 Å². The van der Waals surface area contributed by atoms with Crippen molar-refractivity contribution in [1.29, 1.82) is 5.26 Å². The van der Waals surface area contributed by atoms with Gasteiger partial charge in [-0.1, -0.05) is 45.2 Å². The Morgan fingerprint density at radius 2 is 2.00 bits per heavy atom. The molecule has 0 bridgehead atoms. The van der Waals surface area contributed by atoms with Gasteiger partial charge in [0.2, 0.25) is 0 Å². The Hall–Kier alpha value is -2.00. The number of nitrogens with zero attached hydrogens (tertiary/aromatic N) is 2. The predicted octanol–water partition coefficient (Wildman–Crippen LogP) is 5.33. The van der Waals surface area contributed by atoms with Crippen LogP contribution in [0.1, 0.15) is 11.1 Å². The first-order chi connectivity index (χ1) is 12.3. The lowest BCUT2D eigenvalue weighted by Crippen LogP contribution is -2.22. The van der Waals surface area contributed by atoms with Gasteiger partial charge >= 0.3 is 0 Å². The Morgan fingerprint density at radius 1 is 1.27 bits per heavy atom. The summed E-state index contributed by atoms with van der Waals surface area (Å²) in [7, 11) is 3.18. The van der Waals surface area contributed by atoms with Crippen molar-refractivity contribution >= 4 is 51.1 Å². The number of halogens is 3. The van der Waals surface area contributed by atoms with E-state index in [0.717, 1.165) is 10.0 Å². The van der Waals surface area contributed by atoms with Gasteiger partial charge in [-0.3, -0.25) is 4.79 Å². The molecule has 0 N–H and O–H groups in total. The van der Waals surface area contributed by atoms with Crippen LogP contribution in [0.4, 0.5) is 0 Å². The minimum atomic E-state index is -0.376. The van der Waals surface area contributed by atoms with E-state index in [0.29, 0.717) is 21.4 Å². The lowest BCUT2D eigenvalue weighted by Gasteiger charge is -2.12. The largest absolute Gasteiger partial charge is 0.488 e. The van der Waals surface area contributed by atoms with Gasteiger partial charge in [0.15, 0.2) is 0 Å². The van der Waals surface area contributed by atoms with Gasteiger partial charge in [-0.25, -0.2) is 0 Å². The summed E-state index contributed by atoms with van der Waals surface area (Å²) in [6.07, 6.45) is 1.51. The van der Waals surface area contributed by atoms with E-state index in [2.05, 4.69) is 15.9 Å². The quantitative estimate of drug-likeness (QED) is 0.454. The fraction of sp³-hybridized carbons (Fsp3) is 0.158. The van der Waals surface area contributed by atoms with E-state index in [9.17, 15) is 10.1 Å². The molecule has 0 radical (unpaired) electrons. The van der Waals surface area contributed by atoms with Crippen molar-refractivity contribution in [3.8, 4) is 11.8 Å². The van der Waals surface area contributed by atoms with Crippen molar-refractivity contribution in [1.82, 2.24) is 4.90 Å². The maximum absolute atomic E-state index is 12.1. The maximum Gasteiger partial charge on any atom is 0.264 e. The third-order valence-electron chi connectivity index (χ3n) is 3.43. The first-order valence-electron chi connectivity index (χ1n) is 7.51. The summed E-state index contributed by atoms with van der Waals surface area (Å²) in [5.41, 5.74) is 1.40. The van der Waals surface area contributed by atoms with Gasteiger partial charge in [-0.2, -0.15) is 5.26 Å². The number of nitriles is 1. The zero-order valence-electron chi connectivity index (χ0n) is 14.1. The monoisotopic (exact) mass is 452 g/mol. The van der Waals surface area contributed by atoms with E-state index in [1.54, 1.807) is 44.4 Å². The molecule has 2 aromatic rings. The van der Waals surface area contributed by atoms with Crippen molar-refractivity contribution in [2.24, 2.45) is 0 Å². The number of ether oxygens (including phenoxy) is 1. The molecule has 7 heteroatoms. The molecular formula is C19H15BrCl2N2O2. The summed E-state index contributed by atoms with van der Waals surface area (Å²) in [6, 6.07) is 12.4. The topological polar surface area (TPSA) is 53.3 Å². The maximum atomic E-state index is 12.1. The molecule has 1 amide bonds. The van der Waals surface area contributed by atoms with Gasteiger partial charge in [0.1, 0.15) is 24.0 Å². The van der Waals surface area contributed by atoms with Crippen LogP contribution in [0.25, 0.3) is 6.08 Å². The average molecular weight is 454 g/mol. The highest BCUT2D eigenvalue weighted by Gasteiger charge is 2.13. The Bertz CT molecular complexity index is 905.